The van der Waals surface area contributed by atoms with Gasteiger partial charge in [0.2, 0.25) is 11.8 Å². The van der Waals surface area contributed by atoms with Gasteiger partial charge in [0.25, 0.3) is 12.3 Å². The molecule has 1 fully saturated rings. The molecule has 1 aromatic heterocycles. The number of hydrogen-bond acceptors (Lipinski definition) is 4. The van der Waals surface area contributed by atoms with Crippen LogP contribution in [0.25, 0.3) is 0 Å². The Balaban J connectivity index is 1.95. The Labute approximate surface area is 135 Å². The van der Waals surface area contributed by atoms with E-state index in [4.69, 9.17) is 0 Å². The minimum Gasteiger partial charge on any atom is -0.357 e. The van der Waals surface area contributed by atoms with E-state index in [0.29, 0.717) is 19.4 Å². The maximum Gasteiger partial charge on any atom is 0.273 e. The van der Waals surface area contributed by atoms with Gasteiger partial charge in [-0.25, -0.2) is 8.78 Å². The van der Waals surface area contributed by atoms with Gasteiger partial charge in [0.1, 0.15) is 6.04 Å². The van der Waals surface area contributed by atoms with Crippen LogP contribution in [0.3, 0.4) is 0 Å². The van der Waals surface area contributed by atoms with Gasteiger partial charge in [-0.2, -0.15) is 0 Å². The molecule has 2 heterocycles. The number of carbonyl (C=O) groups excluding carboxylic acids is 3. The molecule has 1 aliphatic rings. The highest BCUT2D eigenvalue weighted by Crippen LogP contribution is 2.28. The van der Waals surface area contributed by atoms with Crippen molar-refractivity contribution in [2.24, 2.45) is 0 Å². The van der Waals surface area contributed by atoms with Crippen LogP contribution in [-0.2, 0) is 9.59 Å². The third-order valence-electron chi connectivity index (χ3n) is 3.66. The van der Waals surface area contributed by atoms with Gasteiger partial charge in [-0.3, -0.25) is 14.4 Å². The van der Waals surface area contributed by atoms with Crippen molar-refractivity contribution in [1.29, 1.82) is 0 Å². The molecule has 0 aliphatic carbocycles. The highest BCUT2D eigenvalue weighted by Gasteiger charge is 2.33. The van der Waals surface area contributed by atoms with Crippen LogP contribution in [0.4, 0.5) is 8.78 Å². The number of nitrogens with one attached hydrogen (secondary N) is 2. The van der Waals surface area contributed by atoms with Gasteiger partial charge < -0.3 is 15.5 Å². The highest BCUT2D eigenvalue weighted by molar-refractivity contribution is 7.10. The number of rotatable bonds is 5. The van der Waals surface area contributed by atoms with Gasteiger partial charge in [0.15, 0.2) is 0 Å². The quantitative estimate of drug-likeness (QED) is 0.840. The van der Waals surface area contributed by atoms with Crippen molar-refractivity contribution >= 4 is 29.1 Å². The second kappa shape index (κ2) is 7.49. The minimum atomic E-state index is -2.73. The molecule has 1 saturated heterocycles. The Hall–Kier alpha value is -2.03. The van der Waals surface area contributed by atoms with Gasteiger partial charge in [-0.05, 0) is 24.3 Å². The number of alkyl halides is 2. The third kappa shape index (κ3) is 3.84. The van der Waals surface area contributed by atoms with Gasteiger partial charge in [0.05, 0.1) is 17.0 Å². The average molecular weight is 345 g/mol. The molecule has 2 N–H and O–H groups in total. The summed E-state index contributed by atoms with van der Waals surface area (Å²) in [5.74, 6) is -1.37. The summed E-state index contributed by atoms with van der Waals surface area (Å²) in [6.45, 7) is 0.110. The molecule has 1 atom stereocenters. The van der Waals surface area contributed by atoms with Crippen molar-refractivity contribution in [3.8, 4) is 0 Å². The SMILES string of the molecule is CNC(=O)C1CCCN1C(=O)CNC(=O)c1ccsc1C(F)F. The third-order valence-corrected chi connectivity index (χ3v) is 4.58. The molecule has 0 spiro atoms. The maximum atomic E-state index is 12.8. The first-order chi connectivity index (χ1) is 11.0. The molecule has 0 saturated carbocycles. The van der Waals surface area contributed by atoms with E-state index in [2.05, 4.69) is 10.6 Å². The van der Waals surface area contributed by atoms with E-state index >= 15 is 0 Å². The number of likely N-dealkylation sites (N-methyl/N-ethyl adjacent to an activating group) is 1. The Kier molecular flexibility index (Phi) is 5.64. The lowest BCUT2D eigenvalue weighted by Crippen LogP contribution is -2.48. The first kappa shape index (κ1) is 17.3. The fraction of sp³-hybridized carbons (Fsp3) is 0.500. The van der Waals surface area contributed by atoms with E-state index in [1.54, 1.807) is 0 Å². The molecule has 0 bridgehead atoms. The smallest absolute Gasteiger partial charge is 0.273 e. The lowest BCUT2D eigenvalue weighted by Gasteiger charge is -2.23. The summed E-state index contributed by atoms with van der Waals surface area (Å²) in [4.78, 5) is 36.9. The van der Waals surface area contributed by atoms with Gasteiger partial charge in [-0.15, -0.1) is 11.3 Å². The molecule has 1 aliphatic heterocycles. The van der Waals surface area contributed by atoms with Gasteiger partial charge >= 0.3 is 0 Å². The summed E-state index contributed by atoms with van der Waals surface area (Å²) in [6, 6.07) is 0.761. The van der Waals surface area contributed by atoms with Crippen molar-refractivity contribution in [1.82, 2.24) is 15.5 Å². The van der Waals surface area contributed by atoms with Gasteiger partial charge in [-0.1, -0.05) is 0 Å². The number of hydrogen-bond donors (Lipinski definition) is 2. The molecular weight excluding hydrogens is 328 g/mol. The lowest BCUT2D eigenvalue weighted by molar-refractivity contribution is -0.137. The predicted octanol–water partition coefficient (Wildman–Crippen LogP) is 1.15. The first-order valence-electron chi connectivity index (χ1n) is 7.10. The molecule has 23 heavy (non-hydrogen) atoms. The summed E-state index contributed by atoms with van der Waals surface area (Å²) >= 11 is 0.794. The number of carbonyl (C=O) groups is 3. The van der Waals surface area contributed by atoms with E-state index in [9.17, 15) is 23.2 Å². The number of likely N-dealkylation sites (tertiary alicyclic amines) is 1. The number of amides is 3. The molecule has 126 valence electrons. The van der Waals surface area contributed by atoms with Crippen LogP contribution in [0.1, 0.15) is 34.5 Å². The van der Waals surface area contributed by atoms with Crippen LogP contribution in [0, 0.1) is 0 Å². The molecule has 9 heteroatoms. The summed E-state index contributed by atoms with van der Waals surface area (Å²) in [5, 5.41) is 6.25. The van der Waals surface area contributed by atoms with E-state index in [1.807, 2.05) is 0 Å². The van der Waals surface area contributed by atoms with E-state index in [1.165, 1.54) is 23.4 Å². The molecule has 2 rings (SSSR count). The van der Waals surface area contributed by atoms with E-state index in [0.717, 1.165) is 11.3 Å². The first-order valence-corrected chi connectivity index (χ1v) is 7.98. The zero-order valence-corrected chi connectivity index (χ0v) is 13.3. The van der Waals surface area contributed by atoms with Crippen molar-refractivity contribution in [2.45, 2.75) is 25.3 Å². The minimum absolute atomic E-state index is 0.123. The molecule has 0 radical (unpaired) electrons. The Morgan fingerprint density at radius 3 is 2.83 bits per heavy atom. The lowest BCUT2D eigenvalue weighted by atomic mass is 10.2. The van der Waals surface area contributed by atoms with Crippen molar-refractivity contribution in [2.75, 3.05) is 20.1 Å². The van der Waals surface area contributed by atoms with Crippen LogP contribution in [0.2, 0.25) is 0 Å². The van der Waals surface area contributed by atoms with E-state index in [-0.39, 0.29) is 22.9 Å². The molecule has 0 aromatic carbocycles. The second-order valence-electron chi connectivity index (χ2n) is 5.04. The van der Waals surface area contributed by atoms with Crippen LogP contribution in [-0.4, -0.2) is 48.8 Å². The van der Waals surface area contributed by atoms with Crippen LogP contribution >= 0.6 is 11.3 Å². The van der Waals surface area contributed by atoms with Crippen molar-refractivity contribution in [3.05, 3.63) is 21.9 Å². The Bertz CT molecular complexity index is 606. The number of nitrogens with zero attached hydrogens (tertiary/aromatic N) is 1. The molecular formula is C14H17F2N3O3S. The highest BCUT2D eigenvalue weighted by atomic mass is 32.1. The number of halogens is 2. The average Bonchev–Trinajstić information content (AvgIpc) is 3.19. The van der Waals surface area contributed by atoms with Crippen LogP contribution in [0.15, 0.2) is 11.4 Å². The standard InChI is InChI=1S/C14H17F2N3O3S/c1-17-14(22)9-3-2-5-19(9)10(20)7-18-13(21)8-4-6-23-11(8)12(15)16/h4,6,9,12H,2-3,5,7H2,1H3,(H,17,22)(H,18,21). The zero-order valence-electron chi connectivity index (χ0n) is 12.5. The Morgan fingerprint density at radius 2 is 2.17 bits per heavy atom. The topological polar surface area (TPSA) is 78.5 Å². The predicted molar refractivity (Wildman–Crippen MR) is 80.4 cm³/mol. The van der Waals surface area contributed by atoms with E-state index < -0.39 is 24.3 Å². The molecule has 3 amide bonds. The molecule has 6 nitrogen and oxygen atoms in total. The largest absolute Gasteiger partial charge is 0.357 e. The molecule has 1 aromatic rings. The summed E-state index contributed by atoms with van der Waals surface area (Å²) in [5.41, 5.74) is -0.123. The normalized spacial score (nSPS) is 17.4. The fourth-order valence-corrected chi connectivity index (χ4v) is 3.28. The zero-order chi connectivity index (χ0) is 17.0. The van der Waals surface area contributed by atoms with Crippen molar-refractivity contribution < 1.29 is 23.2 Å². The van der Waals surface area contributed by atoms with Gasteiger partial charge in [0, 0.05) is 13.6 Å². The second-order valence-corrected chi connectivity index (χ2v) is 5.99. The molecule has 1 unspecified atom stereocenters. The summed E-state index contributed by atoms with van der Waals surface area (Å²) in [7, 11) is 1.49. The monoisotopic (exact) mass is 345 g/mol. The van der Waals surface area contributed by atoms with Crippen LogP contribution < -0.4 is 10.6 Å². The van der Waals surface area contributed by atoms with Crippen molar-refractivity contribution in [3.63, 3.8) is 0 Å². The fourth-order valence-electron chi connectivity index (χ4n) is 2.53. The maximum absolute atomic E-state index is 12.8. The van der Waals surface area contributed by atoms with Crippen LogP contribution in [0.5, 0.6) is 0 Å². The number of thiophene rings is 1. The summed E-state index contributed by atoms with van der Waals surface area (Å²) < 4.78 is 25.5. The Morgan fingerprint density at radius 1 is 1.43 bits per heavy atom. The summed E-state index contributed by atoms with van der Waals surface area (Å²) in [6.07, 6.45) is -1.46.